The first-order valence-electron chi connectivity index (χ1n) is 6.40. The summed E-state index contributed by atoms with van der Waals surface area (Å²) in [5, 5.41) is 12.1. The Labute approximate surface area is 117 Å². The average Bonchev–Trinajstić information content (AvgIpc) is 2.47. The highest BCUT2D eigenvalue weighted by atomic mass is 19.1. The zero-order chi connectivity index (χ0) is 14.4. The Morgan fingerprint density at radius 2 is 1.90 bits per heavy atom. The van der Waals surface area contributed by atoms with Crippen LogP contribution in [-0.4, -0.2) is 23.7 Å². The fourth-order valence-corrected chi connectivity index (χ4v) is 1.96. The SMILES string of the molecule is O=C(N[C@@H](CO)Cc1ccccc1)c1cccc(F)c1. The van der Waals surface area contributed by atoms with E-state index in [0.717, 1.165) is 5.56 Å². The lowest BCUT2D eigenvalue weighted by Crippen LogP contribution is -2.39. The van der Waals surface area contributed by atoms with Gasteiger partial charge in [-0.05, 0) is 30.2 Å². The lowest BCUT2D eigenvalue weighted by atomic mass is 10.1. The van der Waals surface area contributed by atoms with Crippen LogP contribution in [0.1, 0.15) is 15.9 Å². The van der Waals surface area contributed by atoms with E-state index in [1.54, 1.807) is 0 Å². The first kappa shape index (κ1) is 14.2. The Balaban J connectivity index is 2.01. The number of carbonyl (C=O) groups excluding carboxylic acids is 1. The van der Waals surface area contributed by atoms with E-state index in [9.17, 15) is 14.3 Å². The maximum Gasteiger partial charge on any atom is 0.251 e. The van der Waals surface area contributed by atoms with Gasteiger partial charge in [0.05, 0.1) is 12.6 Å². The topological polar surface area (TPSA) is 49.3 Å². The van der Waals surface area contributed by atoms with Gasteiger partial charge in [0.2, 0.25) is 0 Å². The van der Waals surface area contributed by atoms with Gasteiger partial charge in [-0.2, -0.15) is 0 Å². The lowest BCUT2D eigenvalue weighted by molar-refractivity contribution is 0.0916. The van der Waals surface area contributed by atoms with E-state index in [1.165, 1.54) is 24.3 Å². The quantitative estimate of drug-likeness (QED) is 0.877. The van der Waals surface area contributed by atoms with Gasteiger partial charge in [-0.1, -0.05) is 36.4 Å². The zero-order valence-corrected chi connectivity index (χ0v) is 10.9. The van der Waals surface area contributed by atoms with Crippen molar-refractivity contribution < 1.29 is 14.3 Å². The number of nitrogens with one attached hydrogen (secondary N) is 1. The number of aliphatic hydroxyl groups excluding tert-OH is 1. The summed E-state index contributed by atoms with van der Waals surface area (Å²) in [6.45, 7) is -0.171. The summed E-state index contributed by atoms with van der Waals surface area (Å²) in [7, 11) is 0. The van der Waals surface area contributed by atoms with E-state index in [-0.39, 0.29) is 18.1 Å². The average molecular weight is 273 g/mol. The molecule has 0 spiro atoms. The van der Waals surface area contributed by atoms with Crippen molar-refractivity contribution in [3.8, 4) is 0 Å². The van der Waals surface area contributed by atoms with Gasteiger partial charge < -0.3 is 10.4 Å². The maximum atomic E-state index is 13.1. The summed E-state index contributed by atoms with van der Waals surface area (Å²) in [6, 6.07) is 14.6. The van der Waals surface area contributed by atoms with Crippen molar-refractivity contribution in [3.63, 3.8) is 0 Å². The van der Waals surface area contributed by atoms with Crippen molar-refractivity contribution in [2.75, 3.05) is 6.61 Å². The third-order valence-corrected chi connectivity index (χ3v) is 2.97. The van der Waals surface area contributed by atoms with Crippen molar-refractivity contribution >= 4 is 5.91 Å². The van der Waals surface area contributed by atoms with Gasteiger partial charge in [0.15, 0.2) is 0 Å². The van der Waals surface area contributed by atoms with Crippen LogP contribution in [0.15, 0.2) is 54.6 Å². The molecule has 0 heterocycles. The van der Waals surface area contributed by atoms with E-state index in [2.05, 4.69) is 5.32 Å². The predicted octanol–water partition coefficient (Wildman–Crippen LogP) is 2.16. The highest BCUT2D eigenvalue weighted by molar-refractivity contribution is 5.94. The number of carbonyl (C=O) groups is 1. The minimum absolute atomic E-state index is 0.171. The Bertz CT molecular complexity index is 572. The van der Waals surface area contributed by atoms with Crippen molar-refractivity contribution in [1.29, 1.82) is 0 Å². The second-order valence-corrected chi connectivity index (χ2v) is 4.55. The summed E-state index contributed by atoms with van der Waals surface area (Å²) >= 11 is 0. The lowest BCUT2D eigenvalue weighted by Gasteiger charge is -2.16. The summed E-state index contributed by atoms with van der Waals surface area (Å²) in [5.41, 5.74) is 1.27. The molecule has 0 bridgehead atoms. The van der Waals surface area contributed by atoms with E-state index >= 15 is 0 Å². The monoisotopic (exact) mass is 273 g/mol. The Morgan fingerprint density at radius 1 is 1.15 bits per heavy atom. The normalized spacial score (nSPS) is 11.9. The number of rotatable bonds is 5. The van der Waals surface area contributed by atoms with E-state index in [1.807, 2.05) is 30.3 Å². The molecule has 3 nitrogen and oxygen atoms in total. The van der Waals surface area contributed by atoms with Crippen molar-refractivity contribution in [2.24, 2.45) is 0 Å². The molecule has 2 rings (SSSR count). The van der Waals surface area contributed by atoms with Crippen LogP contribution in [0.5, 0.6) is 0 Å². The van der Waals surface area contributed by atoms with Crippen molar-refractivity contribution in [1.82, 2.24) is 5.32 Å². The molecule has 0 radical (unpaired) electrons. The molecule has 2 aromatic carbocycles. The molecular weight excluding hydrogens is 257 g/mol. The van der Waals surface area contributed by atoms with Gasteiger partial charge >= 0.3 is 0 Å². The molecule has 0 saturated heterocycles. The molecule has 0 saturated carbocycles. The van der Waals surface area contributed by atoms with Crippen LogP contribution < -0.4 is 5.32 Å². The van der Waals surface area contributed by atoms with Crippen molar-refractivity contribution in [2.45, 2.75) is 12.5 Å². The van der Waals surface area contributed by atoms with Crippen LogP contribution in [0.25, 0.3) is 0 Å². The molecule has 20 heavy (non-hydrogen) atoms. The first-order chi connectivity index (χ1) is 9.69. The second-order valence-electron chi connectivity index (χ2n) is 4.55. The third kappa shape index (κ3) is 3.90. The van der Waals surface area contributed by atoms with Crippen LogP contribution >= 0.6 is 0 Å². The molecule has 0 fully saturated rings. The summed E-state index contributed by atoms with van der Waals surface area (Å²) < 4.78 is 13.1. The molecule has 2 N–H and O–H groups in total. The molecule has 0 aromatic heterocycles. The largest absolute Gasteiger partial charge is 0.394 e. The molecule has 0 unspecified atom stereocenters. The van der Waals surface area contributed by atoms with Gasteiger partial charge in [-0.3, -0.25) is 4.79 Å². The number of aliphatic hydroxyl groups is 1. The van der Waals surface area contributed by atoms with Gasteiger partial charge in [0.1, 0.15) is 5.82 Å². The Kier molecular flexibility index (Phi) is 4.85. The summed E-state index contributed by atoms with van der Waals surface area (Å²) in [4.78, 5) is 12.0. The molecule has 0 aliphatic rings. The molecule has 0 aliphatic heterocycles. The summed E-state index contributed by atoms with van der Waals surface area (Å²) in [5.74, 6) is -0.847. The molecule has 0 aliphatic carbocycles. The number of hydrogen-bond donors (Lipinski definition) is 2. The van der Waals surface area contributed by atoms with E-state index in [0.29, 0.717) is 6.42 Å². The van der Waals surface area contributed by atoms with Gasteiger partial charge in [-0.15, -0.1) is 0 Å². The standard InChI is InChI=1S/C16H16FNO2/c17-14-8-4-7-13(10-14)16(20)18-15(11-19)9-12-5-2-1-3-6-12/h1-8,10,15,19H,9,11H2,(H,18,20)/t15-/m1/s1. The third-order valence-electron chi connectivity index (χ3n) is 2.97. The summed E-state index contributed by atoms with van der Waals surface area (Å²) in [6.07, 6.45) is 0.526. The molecule has 1 atom stereocenters. The highest BCUT2D eigenvalue weighted by Crippen LogP contribution is 2.06. The predicted molar refractivity (Wildman–Crippen MR) is 74.9 cm³/mol. The van der Waals surface area contributed by atoms with E-state index < -0.39 is 11.9 Å². The smallest absolute Gasteiger partial charge is 0.251 e. The Morgan fingerprint density at radius 3 is 2.55 bits per heavy atom. The van der Waals surface area contributed by atoms with Crippen LogP contribution in [0.4, 0.5) is 4.39 Å². The molecule has 4 heteroatoms. The first-order valence-corrected chi connectivity index (χ1v) is 6.40. The van der Waals surface area contributed by atoms with Crippen molar-refractivity contribution in [3.05, 3.63) is 71.5 Å². The van der Waals surface area contributed by atoms with Gasteiger partial charge in [-0.25, -0.2) is 4.39 Å². The van der Waals surface area contributed by atoms with Crippen LogP contribution in [0.3, 0.4) is 0 Å². The van der Waals surface area contributed by atoms with E-state index in [4.69, 9.17) is 0 Å². The van der Waals surface area contributed by atoms with Crippen LogP contribution in [0.2, 0.25) is 0 Å². The number of hydrogen-bond acceptors (Lipinski definition) is 2. The highest BCUT2D eigenvalue weighted by Gasteiger charge is 2.13. The second kappa shape index (κ2) is 6.82. The van der Waals surface area contributed by atoms with Crippen LogP contribution in [-0.2, 0) is 6.42 Å². The van der Waals surface area contributed by atoms with Crippen LogP contribution in [0, 0.1) is 5.82 Å². The number of halogens is 1. The van der Waals surface area contributed by atoms with Gasteiger partial charge in [0.25, 0.3) is 5.91 Å². The molecule has 1 amide bonds. The molecule has 104 valence electrons. The number of benzene rings is 2. The minimum atomic E-state index is -0.457. The van der Waals surface area contributed by atoms with Gasteiger partial charge in [0, 0.05) is 5.56 Å². The minimum Gasteiger partial charge on any atom is -0.394 e. The molecular formula is C16H16FNO2. The zero-order valence-electron chi connectivity index (χ0n) is 10.9. The maximum absolute atomic E-state index is 13.1. The number of amides is 1. The fourth-order valence-electron chi connectivity index (χ4n) is 1.96. The Hall–Kier alpha value is -2.20. The molecule has 2 aromatic rings. The fraction of sp³-hybridized carbons (Fsp3) is 0.188.